The highest BCUT2D eigenvalue weighted by molar-refractivity contribution is 6.08. The van der Waals surface area contributed by atoms with Crippen LogP contribution < -0.4 is 15.4 Å². The van der Waals surface area contributed by atoms with E-state index in [-0.39, 0.29) is 18.4 Å². The van der Waals surface area contributed by atoms with Crippen molar-refractivity contribution in [2.45, 2.75) is 6.92 Å². The molecule has 0 bridgehead atoms. The van der Waals surface area contributed by atoms with Crippen LogP contribution in [0.25, 0.3) is 6.08 Å². The molecule has 0 aliphatic carbocycles. The molecular weight excluding hydrogens is 292 g/mol. The van der Waals surface area contributed by atoms with Crippen LogP contribution in [-0.4, -0.2) is 18.4 Å². The highest BCUT2D eigenvalue weighted by Crippen LogP contribution is 2.35. The van der Waals surface area contributed by atoms with Crippen molar-refractivity contribution in [3.63, 3.8) is 0 Å². The molecule has 0 saturated heterocycles. The van der Waals surface area contributed by atoms with Gasteiger partial charge in [0.15, 0.2) is 12.4 Å². The van der Waals surface area contributed by atoms with Crippen LogP contribution in [0.2, 0.25) is 0 Å². The molecule has 0 atom stereocenters. The Balaban J connectivity index is 1.80. The van der Waals surface area contributed by atoms with Crippen LogP contribution in [0.1, 0.15) is 12.5 Å². The Bertz CT molecular complexity index is 782. The Morgan fingerprint density at radius 1 is 1.17 bits per heavy atom. The molecule has 0 fully saturated rings. The number of nitrogens with one attached hydrogen (secondary N) is 2. The smallest absolute Gasteiger partial charge is 0.262 e. The number of ether oxygens (including phenoxy) is 1. The summed E-state index contributed by atoms with van der Waals surface area (Å²) in [6, 6.07) is 14.8. The molecule has 5 nitrogen and oxygen atoms in total. The molecule has 1 aliphatic rings. The van der Waals surface area contributed by atoms with Crippen molar-refractivity contribution in [1.82, 2.24) is 0 Å². The summed E-state index contributed by atoms with van der Waals surface area (Å²) in [5.41, 5.74) is 2.63. The van der Waals surface area contributed by atoms with E-state index in [0.29, 0.717) is 22.7 Å². The number of hydrogen-bond donors (Lipinski definition) is 2. The van der Waals surface area contributed by atoms with E-state index in [1.54, 1.807) is 25.1 Å². The minimum atomic E-state index is -0.220. The van der Waals surface area contributed by atoms with Gasteiger partial charge in [-0.05, 0) is 30.7 Å². The topological polar surface area (TPSA) is 67.4 Å². The molecule has 0 unspecified atom stereocenters. The van der Waals surface area contributed by atoms with E-state index in [2.05, 4.69) is 10.6 Å². The van der Waals surface area contributed by atoms with Gasteiger partial charge in [-0.3, -0.25) is 9.59 Å². The maximum Gasteiger partial charge on any atom is 0.262 e. The lowest BCUT2D eigenvalue weighted by Crippen LogP contribution is -2.26. The second kappa shape index (κ2) is 6.36. The van der Waals surface area contributed by atoms with Crippen LogP contribution in [0, 0.1) is 0 Å². The van der Waals surface area contributed by atoms with E-state index in [0.717, 1.165) is 5.56 Å². The number of carbonyl (C=O) groups excluding carboxylic acids is 2. The van der Waals surface area contributed by atoms with Gasteiger partial charge in [-0.1, -0.05) is 36.4 Å². The second-order valence-electron chi connectivity index (χ2n) is 5.21. The monoisotopic (exact) mass is 308 g/mol. The van der Waals surface area contributed by atoms with Crippen LogP contribution in [-0.2, 0) is 9.59 Å². The average Bonchev–Trinajstić information content (AvgIpc) is 2.55. The zero-order valence-electron chi connectivity index (χ0n) is 12.6. The predicted molar refractivity (Wildman–Crippen MR) is 89.3 cm³/mol. The van der Waals surface area contributed by atoms with Gasteiger partial charge in [0.05, 0.1) is 11.4 Å². The normalized spacial score (nSPS) is 13.6. The predicted octanol–water partition coefficient (Wildman–Crippen LogP) is 3.06. The van der Waals surface area contributed by atoms with Crippen molar-refractivity contribution in [2.24, 2.45) is 0 Å². The SMILES string of the molecule is C/C(=C\c1ccccc1)C(=O)Nc1cccc2c1OCC(=O)N2. The largest absolute Gasteiger partial charge is 0.479 e. The van der Waals surface area contributed by atoms with E-state index in [4.69, 9.17) is 4.74 Å². The summed E-state index contributed by atoms with van der Waals surface area (Å²) in [5, 5.41) is 5.53. The van der Waals surface area contributed by atoms with Crippen LogP contribution in [0.3, 0.4) is 0 Å². The van der Waals surface area contributed by atoms with E-state index >= 15 is 0 Å². The summed E-state index contributed by atoms with van der Waals surface area (Å²) in [7, 11) is 0. The van der Waals surface area contributed by atoms with E-state index in [1.165, 1.54) is 0 Å². The molecule has 2 aromatic carbocycles. The quantitative estimate of drug-likeness (QED) is 0.856. The fraction of sp³-hybridized carbons (Fsp3) is 0.111. The number of amides is 2. The van der Waals surface area contributed by atoms with E-state index in [1.807, 2.05) is 36.4 Å². The molecule has 0 spiro atoms. The minimum absolute atomic E-state index is 0.0568. The summed E-state index contributed by atoms with van der Waals surface area (Å²) in [4.78, 5) is 23.7. The molecule has 2 aromatic rings. The standard InChI is InChI=1S/C18H16N2O3/c1-12(10-13-6-3-2-4-7-13)18(22)20-15-9-5-8-14-17(15)23-11-16(21)19-14/h2-10H,11H2,1H3,(H,19,21)(H,20,22)/b12-10+. The van der Waals surface area contributed by atoms with Crippen molar-refractivity contribution in [1.29, 1.82) is 0 Å². The third-order valence-electron chi connectivity index (χ3n) is 3.43. The van der Waals surface area contributed by atoms with Gasteiger partial charge in [0, 0.05) is 5.57 Å². The third kappa shape index (κ3) is 3.40. The van der Waals surface area contributed by atoms with Gasteiger partial charge >= 0.3 is 0 Å². The zero-order valence-corrected chi connectivity index (χ0v) is 12.6. The third-order valence-corrected chi connectivity index (χ3v) is 3.43. The van der Waals surface area contributed by atoms with E-state index in [9.17, 15) is 9.59 Å². The summed E-state index contributed by atoms with van der Waals surface area (Å²) < 4.78 is 5.42. The van der Waals surface area contributed by atoms with Gasteiger partial charge in [0.1, 0.15) is 0 Å². The number of benzene rings is 2. The van der Waals surface area contributed by atoms with Gasteiger partial charge in [-0.2, -0.15) is 0 Å². The van der Waals surface area contributed by atoms with Crippen LogP contribution in [0.5, 0.6) is 5.75 Å². The highest BCUT2D eigenvalue weighted by atomic mass is 16.5. The molecular formula is C18H16N2O3. The fourth-order valence-electron chi connectivity index (χ4n) is 2.30. The summed E-state index contributed by atoms with van der Waals surface area (Å²) >= 11 is 0. The Morgan fingerprint density at radius 2 is 1.96 bits per heavy atom. The lowest BCUT2D eigenvalue weighted by molar-refractivity contribution is -0.118. The van der Waals surface area contributed by atoms with Crippen LogP contribution in [0.4, 0.5) is 11.4 Å². The lowest BCUT2D eigenvalue weighted by Gasteiger charge is -2.20. The molecule has 0 aromatic heterocycles. The summed E-state index contributed by atoms with van der Waals surface area (Å²) in [6.07, 6.45) is 1.81. The summed E-state index contributed by atoms with van der Waals surface area (Å²) in [5.74, 6) is 0.0526. The molecule has 1 aliphatic heterocycles. The Labute approximate surface area is 134 Å². The molecule has 3 rings (SSSR count). The molecule has 0 saturated carbocycles. The van der Waals surface area contributed by atoms with Gasteiger partial charge in [0.25, 0.3) is 11.8 Å². The minimum Gasteiger partial charge on any atom is -0.479 e. The number of rotatable bonds is 3. The first-order valence-corrected chi connectivity index (χ1v) is 7.24. The lowest BCUT2D eigenvalue weighted by atomic mass is 10.1. The van der Waals surface area contributed by atoms with Crippen molar-refractivity contribution in [3.05, 3.63) is 59.7 Å². The second-order valence-corrected chi connectivity index (χ2v) is 5.21. The number of hydrogen-bond acceptors (Lipinski definition) is 3. The maximum atomic E-state index is 12.3. The Morgan fingerprint density at radius 3 is 2.74 bits per heavy atom. The molecule has 5 heteroatoms. The van der Waals surface area contributed by atoms with Crippen LogP contribution in [0.15, 0.2) is 54.1 Å². The number of carbonyl (C=O) groups is 2. The number of fused-ring (bicyclic) bond motifs is 1. The van der Waals surface area contributed by atoms with Crippen molar-refractivity contribution in [3.8, 4) is 5.75 Å². The Kier molecular flexibility index (Phi) is 4.10. The van der Waals surface area contributed by atoms with Crippen LogP contribution >= 0.6 is 0 Å². The maximum absolute atomic E-state index is 12.3. The zero-order chi connectivity index (χ0) is 16.2. The molecule has 2 N–H and O–H groups in total. The first kappa shape index (κ1) is 14.8. The van der Waals surface area contributed by atoms with Crippen molar-refractivity contribution in [2.75, 3.05) is 17.2 Å². The Hall–Kier alpha value is -3.08. The average molecular weight is 308 g/mol. The first-order valence-electron chi connectivity index (χ1n) is 7.24. The molecule has 2 amide bonds. The molecule has 0 radical (unpaired) electrons. The molecule has 116 valence electrons. The van der Waals surface area contributed by atoms with Crippen molar-refractivity contribution >= 4 is 29.3 Å². The van der Waals surface area contributed by atoms with E-state index < -0.39 is 0 Å². The number of anilines is 2. The van der Waals surface area contributed by atoms with Gasteiger partial charge < -0.3 is 15.4 Å². The van der Waals surface area contributed by atoms with Gasteiger partial charge in [-0.25, -0.2) is 0 Å². The van der Waals surface area contributed by atoms with Gasteiger partial charge in [0.2, 0.25) is 0 Å². The summed E-state index contributed by atoms with van der Waals surface area (Å²) in [6.45, 7) is 1.69. The highest BCUT2D eigenvalue weighted by Gasteiger charge is 2.20. The van der Waals surface area contributed by atoms with Crippen molar-refractivity contribution < 1.29 is 14.3 Å². The molecule has 1 heterocycles. The molecule has 23 heavy (non-hydrogen) atoms. The first-order chi connectivity index (χ1) is 11.1. The van der Waals surface area contributed by atoms with Gasteiger partial charge in [-0.15, -0.1) is 0 Å². The fourth-order valence-corrected chi connectivity index (χ4v) is 2.30. The number of para-hydroxylation sites is 1.